The largest absolute Gasteiger partial charge is 0.344 e. The second-order valence-corrected chi connectivity index (χ2v) is 19.8. The molecule has 4 aromatic carbocycles. The lowest BCUT2D eigenvalue weighted by Crippen LogP contribution is -2.14. The van der Waals surface area contributed by atoms with Crippen molar-refractivity contribution in [1.82, 2.24) is 0 Å². The third kappa shape index (κ3) is 15.9. The highest BCUT2D eigenvalue weighted by Gasteiger charge is 2.18. The van der Waals surface area contributed by atoms with Gasteiger partial charge in [-0.2, -0.15) is 0 Å². The van der Waals surface area contributed by atoms with Gasteiger partial charge in [0.25, 0.3) is 0 Å². The summed E-state index contributed by atoms with van der Waals surface area (Å²) >= 11 is 15.6. The fourth-order valence-electron chi connectivity index (χ4n) is 7.94. The molecule has 0 radical (unpaired) electrons. The van der Waals surface area contributed by atoms with E-state index < -0.39 is 0 Å². The van der Waals surface area contributed by atoms with E-state index in [1.807, 2.05) is 0 Å². The van der Waals surface area contributed by atoms with Crippen LogP contribution in [0.4, 0.5) is 34.1 Å². The molecule has 4 aromatic rings. The van der Waals surface area contributed by atoms with Crippen LogP contribution in [0.25, 0.3) is 0 Å². The van der Waals surface area contributed by atoms with Crippen LogP contribution in [0, 0.1) is 0 Å². The molecule has 0 unspecified atom stereocenters. The number of halogens is 4. The SMILES string of the molecule is CCCCCCCCCCCCc1ccc(N(C)c2ccc(N(C)c3cc(Br)c(N(C)c4ccc(CCCCCCCCCCCC)cc4Br)cc3Br)cc2)c(Br)c1. The number of hydrogen-bond donors (Lipinski definition) is 0. The van der Waals surface area contributed by atoms with E-state index in [9.17, 15) is 0 Å². The monoisotopic (exact) mass is 1040 g/mol. The van der Waals surface area contributed by atoms with Crippen molar-refractivity contribution in [2.75, 3.05) is 35.8 Å². The third-order valence-electron chi connectivity index (χ3n) is 11.7. The van der Waals surface area contributed by atoms with Crippen LogP contribution in [0.2, 0.25) is 0 Å². The first kappa shape index (κ1) is 48.9. The van der Waals surface area contributed by atoms with Crippen molar-refractivity contribution < 1.29 is 0 Å². The zero-order valence-corrected chi connectivity index (χ0v) is 42.7. The van der Waals surface area contributed by atoms with Crippen molar-refractivity contribution in [3.8, 4) is 0 Å². The molecule has 0 saturated heterocycles. The van der Waals surface area contributed by atoms with Gasteiger partial charge in [0.2, 0.25) is 0 Å². The van der Waals surface area contributed by atoms with Crippen LogP contribution >= 0.6 is 63.7 Å². The molecule has 0 N–H and O–H groups in total. The third-order valence-corrected chi connectivity index (χ3v) is 14.3. The molecule has 0 aliphatic rings. The topological polar surface area (TPSA) is 9.72 Å². The van der Waals surface area contributed by atoms with Gasteiger partial charge >= 0.3 is 0 Å². The van der Waals surface area contributed by atoms with Crippen LogP contribution in [0.1, 0.15) is 153 Å². The average Bonchev–Trinajstić information content (AvgIpc) is 3.22. The number of benzene rings is 4. The van der Waals surface area contributed by atoms with Crippen LogP contribution in [-0.4, -0.2) is 21.1 Å². The predicted octanol–water partition coefficient (Wildman–Crippen LogP) is 19.0. The maximum absolute atomic E-state index is 3.92. The Kier molecular flexibility index (Phi) is 22.9. The van der Waals surface area contributed by atoms with Crippen LogP contribution < -0.4 is 14.7 Å². The standard InChI is InChI=1S/C51H71Br4N3/c1-6-8-10-12-14-16-18-20-22-24-26-40-28-34-48(44(52)36-40)56(3)42-30-32-43(33-31-42)57(4)50-38-47(55)51(39-46(50)54)58(5)49-35-29-41(37-45(49)53)27-25-23-21-19-17-15-13-11-9-7-2/h28-39H,6-27H2,1-5H3. The lowest BCUT2D eigenvalue weighted by molar-refractivity contribution is 0.556. The van der Waals surface area contributed by atoms with Crippen LogP contribution in [0.3, 0.4) is 0 Å². The van der Waals surface area contributed by atoms with E-state index in [4.69, 9.17) is 0 Å². The van der Waals surface area contributed by atoms with Crippen LogP contribution in [0.15, 0.2) is 90.7 Å². The quantitative estimate of drug-likeness (QED) is 0.0525. The maximum atomic E-state index is 3.92. The smallest absolute Gasteiger partial charge is 0.0565 e. The Morgan fingerprint density at radius 2 is 0.621 bits per heavy atom. The summed E-state index contributed by atoms with van der Waals surface area (Å²) in [6.07, 6.45) is 29.7. The number of unbranched alkanes of at least 4 members (excludes halogenated alkanes) is 18. The molecule has 0 aliphatic heterocycles. The van der Waals surface area contributed by atoms with Gasteiger partial charge < -0.3 is 14.7 Å². The van der Waals surface area contributed by atoms with Crippen molar-refractivity contribution in [1.29, 1.82) is 0 Å². The molecule has 0 amide bonds. The van der Waals surface area contributed by atoms with E-state index in [1.54, 1.807) is 0 Å². The molecule has 0 atom stereocenters. The Labute approximate surface area is 387 Å². The van der Waals surface area contributed by atoms with Gasteiger partial charge in [-0.3, -0.25) is 0 Å². The van der Waals surface area contributed by atoms with Gasteiger partial charge in [-0.05, 0) is 161 Å². The molecular formula is C51H71Br4N3. The number of rotatable bonds is 28. The Hall–Kier alpha value is -1.80. The molecule has 0 aromatic heterocycles. The molecule has 0 aliphatic carbocycles. The van der Waals surface area contributed by atoms with Gasteiger partial charge in [0.15, 0.2) is 0 Å². The fraction of sp³-hybridized carbons (Fsp3) is 0.529. The summed E-state index contributed by atoms with van der Waals surface area (Å²) in [5.74, 6) is 0. The van der Waals surface area contributed by atoms with Gasteiger partial charge in [0.05, 0.1) is 22.7 Å². The van der Waals surface area contributed by atoms with E-state index in [2.05, 4.69) is 186 Å². The summed E-state index contributed by atoms with van der Waals surface area (Å²) in [4.78, 5) is 6.75. The second-order valence-electron chi connectivity index (χ2n) is 16.4. The number of hydrogen-bond acceptors (Lipinski definition) is 3. The molecule has 0 heterocycles. The minimum atomic E-state index is 1.04. The molecular weight excluding hydrogens is 974 g/mol. The number of nitrogens with zero attached hydrogens (tertiary/aromatic N) is 3. The number of aryl methyl sites for hydroxylation is 2. The molecule has 0 bridgehead atoms. The lowest BCUT2D eigenvalue weighted by Gasteiger charge is -2.27. The van der Waals surface area contributed by atoms with Gasteiger partial charge in [-0.15, -0.1) is 0 Å². The van der Waals surface area contributed by atoms with E-state index in [0.717, 1.165) is 59.2 Å². The molecule has 58 heavy (non-hydrogen) atoms. The van der Waals surface area contributed by atoms with Crippen molar-refractivity contribution in [2.45, 2.75) is 155 Å². The Balaban J connectivity index is 1.27. The van der Waals surface area contributed by atoms with E-state index in [1.165, 1.54) is 145 Å². The predicted molar refractivity (Wildman–Crippen MR) is 272 cm³/mol. The zero-order valence-electron chi connectivity index (χ0n) is 36.3. The summed E-state index contributed by atoms with van der Waals surface area (Å²) in [7, 11) is 6.41. The summed E-state index contributed by atoms with van der Waals surface area (Å²) in [5.41, 5.74) is 9.61. The van der Waals surface area contributed by atoms with Gasteiger partial charge in [0.1, 0.15) is 0 Å². The van der Waals surface area contributed by atoms with Gasteiger partial charge in [-0.1, -0.05) is 142 Å². The highest BCUT2D eigenvalue weighted by Crippen LogP contribution is 2.43. The summed E-state index contributed by atoms with van der Waals surface area (Å²) in [6.45, 7) is 4.58. The fourth-order valence-corrected chi connectivity index (χ4v) is 10.5. The second kappa shape index (κ2) is 27.2. The zero-order chi connectivity index (χ0) is 41.7. The van der Waals surface area contributed by atoms with Crippen molar-refractivity contribution >= 4 is 97.8 Å². The average molecular weight is 1050 g/mol. The first-order chi connectivity index (χ1) is 28.1. The van der Waals surface area contributed by atoms with Gasteiger partial charge in [-0.25, -0.2) is 0 Å². The minimum absolute atomic E-state index is 1.04. The maximum Gasteiger partial charge on any atom is 0.0565 e. The van der Waals surface area contributed by atoms with Crippen molar-refractivity contribution in [3.63, 3.8) is 0 Å². The van der Waals surface area contributed by atoms with E-state index in [0.29, 0.717) is 0 Å². The highest BCUT2D eigenvalue weighted by atomic mass is 79.9. The molecule has 0 spiro atoms. The molecule has 4 rings (SSSR count). The Bertz CT molecular complexity index is 1770. The van der Waals surface area contributed by atoms with Crippen molar-refractivity contribution in [2.24, 2.45) is 0 Å². The number of anilines is 6. The molecule has 318 valence electrons. The van der Waals surface area contributed by atoms with Crippen LogP contribution in [-0.2, 0) is 12.8 Å². The van der Waals surface area contributed by atoms with Gasteiger partial charge in [0, 0.05) is 50.4 Å². The normalized spacial score (nSPS) is 11.3. The Morgan fingerprint density at radius 3 is 0.983 bits per heavy atom. The highest BCUT2D eigenvalue weighted by molar-refractivity contribution is 9.11. The first-order valence-corrected chi connectivity index (χ1v) is 25.7. The Morgan fingerprint density at radius 1 is 0.328 bits per heavy atom. The summed E-state index contributed by atoms with van der Waals surface area (Å²) in [6, 6.07) is 27.0. The summed E-state index contributed by atoms with van der Waals surface area (Å²) in [5, 5.41) is 0. The lowest BCUT2D eigenvalue weighted by atomic mass is 10.0. The molecule has 0 saturated carbocycles. The van der Waals surface area contributed by atoms with Crippen LogP contribution in [0.5, 0.6) is 0 Å². The van der Waals surface area contributed by atoms with Crippen molar-refractivity contribution in [3.05, 3.63) is 102 Å². The first-order valence-electron chi connectivity index (χ1n) is 22.5. The summed E-state index contributed by atoms with van der Waals surface area (Å²) < 4.78 is 4.35. The molecule has 7 heteroatoms. The van der Waals surface area contributed by atoms with E-state index in [-0.39, 0.29) is 0 Å². The molecule has 0 fully saturated rings. The molecule has 3 nitrogen and oxygen atoms in total. The van der Waals surface area contributed by atoms with E-state index >= 15 is 0 Å². The minimum Gasteiger partial charge on any atom is -0.344 e.